The molecule has 0 spiro atoms. The summed E-state index contributed by atoms with van der Waals surface area (Å²) in [6, 6.07) is 12.7. The highest BCUT2D eigenvalue weighted by molar-refractivity contribution is 5.61. The molecule has 0 atom stereocenters. The minimum absolute atomic E-state index is 0.256. The first-order valence-electron chi connectivity index (χ1n) is 9.42. The summed E-state index contributed by atoms with van der Waals surface area (Å²) in [6.45, 7) is 9.15. The van der Waals surface area contributed by atoms with E-state index < -0.39 is 0 Å². The third-order valence-electron chi connectivity index (χ3n) is 5.22. The Bertz CT molecular complexity index is 885. The minimum Gasteiger partial charge on any atom is -0.367 e. The van der Waals surface area contributed by atoms with E-state index >= 15 is 0 Å². The van der Waals surface area contributed by atoms with Crippen molar-refractivity contribution in [3.05, 3.63) is 48.8 Å². The van der Waals surface area contributed by atoms with Crippen LogP contribution in [0.4, 0.5) is 5.82 Å². The van der Waals surface area contributed by atoms with Crippen molar-refractivity contribution in [3.63, 3.8) is 0 Å². The molecule has 136 valence electrons. The fourth-order valence-corrected chi connectivity index (χ4v) is 3.68. The zero-order chi connectivity index (χ0) is 18.1. The van der Waals surface area contributed by atoms with E-state index in [4.69, 9.17) is 4.98 Å². The lowest BCUT2D eigenvalue weighted by Crippen LogP contribution is -2.48. The lowest BCUT2D eigenvalue weighted by Gasteiger charge is -2.41. The molecular weight excluding hydrogens is 322 g/mol. The zero-order valence-corrected chi connectivity index (χ0v) is 15.8. The van der Waals surface area contributed by atoms with Crippen LogP contribution in [0.25, 0.3) is 17.0 Å². The van der Waals surface area contributed by atoms with Crippen molar-refractivity contribution in [2.45, 2.75) is 45.2 Å². The van der Waals surface area contributed by atoms with Gasteiger partial charge in [-0.15, -0.1) is 0 Å². The van der Waals surface area contributed by atoms with Gasteiger partial charge in [0.2, 0.25) is 0 Å². The number of hydrogen-bond donors (Lipinski definition) is 1. The highest BCUT2D eigenvalue weighted by Crippen LogP contribution is 2.24. The predicted molar refractivity (Wildman–Crippen MR) is 106 cm³/mol. The average Bonchev–Trinajstić information content (AvgIpc) is 3.06. The fraction of sp³-hybridized carbons (Fsp3) is 0.429. The maximum atomic E-state index is 4.84. The Hall–Kier alpha value is -2.40. The number of anilines is 1. The molecule has 3 aromatic heterocycles. The van der Waals surface area contributed by atoms with E-state index in [1.807, 2.05) is 36.7 Å². The molecule has 1 saturated heterocycles. The summed E-state index contributed by atoms with van der Waals surface area (Å²) in [4.78, 5) is 11.9. The fourth-order valence-electron chi connectivity index (χ4n) is 3.68. The van der Waals surface area contributed by atoms with Crippen LogP contribution in [0.5, 0.6) is 0 Å². The maximum Gasteiger partial charge on any atom is 0.137 e. The lowest BCUT2D eigenvalue weighted by atomic mass is 9.98. The molecule has 5 nitrogen and oxygen atoms in total. The standard InChI is InChI=1S/C21H27N5/c1-21(2,3)25-13-10-16(11-14-25)23-19-8-6-7-17(24-19)18-15-22-20-9-4-5-12-26(18)20/h4-9,12,15-16H,10-11,13-14H2,1-3H3,(H,23,24). The van der Waals surface area contributed by atoms with Crippen molar-refractivity contribution < 1.29 is 0 Å². The number of hydrogen-bond acceptors (Lipinski definition) is 4. The van der Waals surface area contributed by atoms with Crippen LogP contribution in [-0.4, -0.2) is 43.9 Å². The Morgan fingerprint density at radius 2 is 1.85 bits per heavy atom. The Morgan fingerprint density at radius 1 is 1.04 bits per heavy atom. The quantitative estimate of drug-likeness (QED) is 0.774. The van der Waals surface area contributed by atoms with Crippen LogP contribution < -0.4 is 5.32 Å². The summed E-state index contributed by atoms with van der Waals surface area (Å²) >= 11 is 0. The monoisotopic (exact) mass is 349 g/mol. The molecule has 0 saturated carbocycles. The maximum absolute atomic E-state index is 4.84. The van der Waals surface area contributed by atoms with Crippen molar-refractivity contribution in [2.24, 2.45) is 0 Å². The molecule has 1 N–H and O–H groups in total. The van der Waals surface area contributed by atoms with Gasteiger partial charge in [-0.1, -0.05) is 12.1 Å². The molecule has 26 heavy (non-hydrogen) atoms. The SMILES string of the molecule is CC(C)(C)N1CCC(Nc2cccc(-c3cnc4ccccn34)n2)CC1. The van der Waals surface area contributed by atoms with Gasteiger partial charge in [0.15, 0.2) is 0 Å². The first kappa shape index (κ1) is 17.0. The van der Waals surface area contributed by atoms with Crippen LogP contribution in [0.3, 0.4) is 0 Å². The number of nitrogens with zero attached hydrogens (tertiary/aromatic N) is 4. The second-order valence-corrected chi connectivity index (χ2v) is 8.06. The van der Waals surface area contributed by atoms with Crippen molar-refractivity contribution in [1.29, 1.82) is 0 Å². The third kappa shape index (κ3) is 3.44. The van der Waals surface area contributed by atoms with Crippen molar-refractivity contribution >= 4 is 11.5 Å². The molecule has 1 aliphatic heterocycles. The second kappa shape index (κ2) is 6.72. The van der Waals surface area contributed by atoms with Crippen LogP contribution in [0.2, 0.25) is 0 Å². The first-order chi connectivity index (χ1) is 12.5. The van der Waals surface area contributed by atoms with E-state index in [2.05, 4.69) is 52.5 Å². The van der Waals surface area contributed by atoms with Gasteiger partial charge in [0.25, 0.3) is 0 Å². The Kier molecular flexibility index (Phi) is 4.41. The molecule has 4 heterocycles. The number of likely N-dealkylation sites (tertiary alicyclic amines) is 1. The average molecular weight is 349 g/mol. The van der Waals surface area contributed by atoms with Gasteiger partial charge in [-0.05, 0) is 57.9 Å². The lowest BCUT2D eigenvalue weighted by molar-refractivity contribution is 0.106. The zero-order valence-electron chi connectivity index (χ0n) is 15.8. The Morgan fingerprint density at radius 3 is 2.62 bits per heavy atom. The van der Waals surface area contributed by atoms with Gasteiger partial charge >= 0.3 is 0 Å². The van der Waals surface area contributed by atoms with Gasteiger partial charge in [-0.2, -0.15) is 0 Å². The number of nitrogens with one attached hydrogen (secondary N) is 1. The smallest absolute Gasteiger partial charge is 0.137 e. The molecule has 0 aliphatic carbocycles. The molecule has 0 bridgehead atoms. The third-order valence-corrected chi connectivity index (χ3v) is 5.22. The first-order valence-corrected chi connectivity index (χ1v) is 9.42. The molecule has 1 aliphatic rings. The van der Waals surface area contributed by atoms with E-state index in [0.717, 1.165) is 48.8 Å². The number of aromatic nitrogens is 3. The van der Waals surface area contributed by atoms with E-state index in [9.17, 15) is 0 Å². The van der Waals surface area contributed by atoms with E-state index in [1.165, 1.54) is 0 Å². The van der Waals surface area contributed by atoms with Gasteiger partial charge in [0.05, 0.1) is 17.6 Å². The van der Waals surface area contributed by atoms with Crippen LogP contribution in [0.15, 0.2) is 48.8 Å². The Balaban J connectivity index is 1.49. The summed E-state index contributed by atoms with van der Waals surface area (Å²) in [5, 5.41) is 3.64. The largest absolute Gasteiger partial charge is 0.367 e. The van der Waals surface area contributed by atoms with Gasteiger partial charge < -0.3 is 5.32 Å². The topological polar surface area (TPSA) is 45.5 Å². The summed E-state index contributed by atoms with van der Waals surface area (Å²) in [5.41, 5.74) is 3.16. The number of fused-ring (bicyclic) bond motifs is 1. The molecule has 0 amide bonds. The van der Waals surface area contributed by atoms with Gasteiger partial charge in [-0.3, -0.25) is 9.30 Å². The molecule has 5 heteroatoms. The van der Waals surface area contributed by atoms with Crippen LogP contribution in [0, 0.1) is 0 Å². The van der Waals surface area contributed by atoms with Crippen molar-refractivity contribution in [2.75, 3.05) is 18.4 Å². The summed E-state index contributed by atoms with van der Waals surface area (Å²) in [7, 11) is 0. The molecule has 0 aromatic carbocycles. The molecule has 3 aromatic rings. The summed E-state index contributed by atoms with van der Waals surface area (Å²) in [5.74, 6) is 0.947. The number of pyridine rings is 2. The van der Waals surface area contributed by atoms with Crippen LogP contribution >= 0.6 is 0 Å². The summed E-state index contributed by atoms with van der Waals surface area (Å²) < 4.78 is 2.08. The molecular formula is C21H27N5. The van der Waals surface area contributed by atoms with Gasteiger partial charge in [0, 0.05) is 30.9 Å². The normalized spacial score (nSPS) is 16.9. The molecule has 4 rings (SSSR count). The van der Waals surface area contributed by atoms with Gasteiger partial charge in [0.1, 0.15) is 11.5 Å². The number of piperidine rings is 1. The predicted octanol–water partition coefficient (Wildman–Crippen LogP) is 4.07. The van der Waals surface area contributed by atoms with E-state index in [-0.39, 0.29) is 5.54 Å². The minimum atomic E-state index is 0.256. The second-order valence-electron chi connectivity index (χ2n) is 8.06. The molecule has 0 unspecified atom stereocenters. The number of imidazole rings is 1. The van der Waals surface area contributed by atoms with Crippen molar-refractivity contribution in [1.82, 2.24) is 19.3 Å². The van der Waals surface area contributed by atoms with Crippen molar-refractivity contribution in [3.8, 4) is 11.4 Å². The number of rotatable bonds is 3. The van der Waals surface area contributed by atoms with Crippen LogP contribution in [-0.2, 0) is 0 Å². The molecule has 1 fully saturated rings. The van der Waals surface area contributed by atoms with E-state index in [1.54, 1.807) is 0 Å². The van der Waals surface area contributed by atoms with E-state index in [0.29, 0.717) is 6.04 Å². The Labute approximate surface area is 155 Å². The van der Waals surface area contributed by atoms with Crippen LogP contribution in [0.1, 0.15) is 33.6 Å². The summed E-state index contributed by atoms with van der Waals surface area (Å²) in [6.07, 6.45) is 6.22. The highest BCUT2D eigenvalue weighted by Gasteiger charge is 2.27. The highest BCUT2D eigenvalue weighted by atomic mass is 15.2. The van der Waals surface area contributed by atoms with Gasteiger partial charge in [-0.25, -0.2) is 9.97 Å². The molecule has 0 radical (unpaired) electrons.